The van der Waals surface area contributed by atoms with E-state index in [1.54, 1.807) is 6.20 Å². The molecule has 29 heavy (non-hydrogen) atoms. The van der Waals surface area contributed by atoms with Crippen molar-refractivity contribution in [3.05, 3.63) is 71.9 Å². The van der Waals surface area contributed by atoms with Crippen LogP contribution in [0.5, 0.6) is 0 Å². The highest BCUT2D eigenvalue weighted by molar-refractivity contribution is 5.93. The summed E-state index contributed by atoms with van der Waals surface area (Å²) in [5.41, 5.74) is 1.94. The first-order valence-corrected chi connectivity index (χ1v) is 10.1. The molecule has 1 aliphatic rings. The fourth-order valence-corrected chi connectivity index (χ4v) is 3.89. The van der Waals surface area contributed by atoms with Crippen LogP contribution >= 0.6 is 0 Å². The number of rotatable bonds is 4. The molecular weight excluding hydrogens is 362 g/mol. The van der Waals surface area contributed by atoms with E-state index >= 15 is 0 Å². The van der Waals surface area contributed by atoms with Gasteiger partial charge in [0.15, 0.2) is 0 Å². The quantitative estimate of drug-likeness (QED) is 0.737. The van der Waals surface area contributed by atoms with Gasteiger partial charge in [-0.25, -0.2) is 4.98 Å². The number of benzene rings is 2. The summed E-state index contributed by atoms with van der Waals surface area (Å²) in [6.45, 7) is 3.09. The van der Waals surface area contributed by atoms with Gasteiger partial charge in [0.05, 0.1) is 12.3 Å². The lowest BCUT2D eigenvalue weighted by Gasteiger charge is -2.32. The highest BCUT2D eigenvalue weighted by atomic mass is 16.2. The third-order valence-corrected chi connectivity index (χ3v) is 5.57. The molecule has 0 saturated carbocycles. The molecule has 1 atom stereocenters. The average molecular weight is 387 g/mol. The minimum atomic E-state index is -0.203. The van der Waals surface area contributed by atoms with Crippen LogP contribution in [-0.2, 0) is 16.0 Å². The monoisotopic (exact) mass is 387 g/mol. The van der Waals surface area contributed by atoms with Gasteiger partial charge < -0.3 is 10.2 Å². The number of nitrogens with one attached hydrogen (secondary N) is 1. The Hall–Kier alpha value is -3.21. The highest BCUT2D eigenvalue weighted by Crippen LogP contribution is 2.21. The summed E-state index contributed by atoms with van der Waals surface area (Å²) in [4.78, 5) is 31.6. The maximum atomic E-state index is 12.9. The number of carbonyl (C=O) groups excluding carboxylic acids is 2. The number of fused-ring (bicyclic) bond motifs is 1. The predicted octanol–water partition coefficient (Wildman–Crippen LogP) is 3.96. The summed E-state index contributed by atoms with van der Waals surface area (Å²) in [5, 5.41) is 5.23. The van der Waals surface area contributed by atoms with Crippen LogP contribution in [-0.4, -0.2) is 34.8 Å². The Morgan fingerprint density at radius 1 is 1.10 bits per heavy atom. The van der Waals surface area contributed by atoms with E-state index in [9.17, 15) is 9.59 Å². The van der Waals surface area contributed by atoms with Gasteiger partial charge >= 0.3 is 0 Å². The number of pyridine rings is 1. The molecule has 0 radical (unpaired) electrons. The standard InChI is InChI=1S/C24H25N3O2/c1-17-6-4-12-25-23(17)26-24(29)21-9-5-13-27(16-21)22(28)15-18-10-11-19-7-2-3-8-20(19)14-18/h2-4,6-8,10-12,14,21H,5,9,13,15-16H2,1H3,(H,25,26,29). The van der Waals surface area contributed by atoms with Gasteiger partial charge in [-0.1, -0.05) is 48.5 Å². The zero-order chi connectivity index (χ0) is 20.2. The summed E-state index contributed by atoms with van der Waals surface area (Å²) >= 11 is 0. The molecule has 1 fully saturated rings. The number of nitrogens with zero attached hydrogens (tertiary/aromatic N) is 2. The van der Waals surface area contributed by atoms with Crippen molar-refractivity contribution in [1.29, 1.82) is 0 Å². The van der Waals surface area contributed by atoms with Crippen LogP contribution in [0.4, 0.5) is 5.82 Å². The van der Waals surface area contributed by atoms with Crippen LogP contribution in [0.3, 0.4) is 0 Å². The fourth-order valence-electron chi connectivity index (χ4n) is 3.89. The zero-order valence-corrected chi connectivity index (χ0v) is 16.6. The summed E-state index contributed by atoms with van der Waals surface area (Å²) in [7, 11) is 0. The molecule has 0 spiro atoms. The molecule has 2 amide bonds. The van der Waals surface area contributed by atoms with Crippen LogP contribution < -0.4 is 5.32 Å². The lowest BCUT2D eigenvalue weighted by atomic mass is 9.96. The van der Waals surface area contributed by atoms with Crippen molar-refractivity contribution < 1.29 is 9.59 Å². The van der Waals surface area contributed by atoms with E-state index < -0.39 is 0 Å². The summed E-state index contributed by atoms with van der Waals surface area (Å²) in [5.74, 6) is 0.407. The van der Waals surface area contributed by atoms with Crippen LogP contribution in [0.15, 0.2) is 60.8 Å². The molecule has 1 aliphatic heterocycles. The first kappa shape index (κ1) is 19.1. The summed E-state index contributed by atoms with van der Waals surface area (Å²) in [6, 6.07) is 18.1. The Morgan fingerprint density at radius 2 is 1.93 bits per heavy atom. The fraction of sp³-hybridized carbons (Fsp3) is 0.292. The topological polar surface area (TPSA) is 62.3 Å². The minimum absolute atomic E-state index is 0.0602. The maximum Gasteiger partial charge on any atom is 0.230 e. The lowest BCUT2D eigenvalue weighted by Crippen LogP contribution is -2.44. The molecular formula is C24H25N3O2. The molecule has 1 unspecified atom stereocenters. The maximum absolute atomic E-state index is 12.9. The van der Waals surface area contributed by atoms with E-state index in [-0.39, 0.29) is 17.7 Å². The minimum Gasteiger partial charge on any atom is -0.342 e. The molecule has 2 heterocycles. The van der Waals surface area contributed by atoms with Gasteiger partial charge in [0.2, 0.25) is 11.8 Å². The highest BCUT2D eigenvalue weighted by Gasteiger charge is 2.28. The second-order valence-corrected chi connectivity index (χ2v) is 7.70. The Labute approximate surface area is 170 Å². The Balaban J connectivity index is 1.40. The smallest absolute Gasteiger partial charge is 0.230 e. The summed E-state index contributed by atoms with van der Waals surface area (Å²) < 4.78 is 0. The van der Waals surface area contributed by atoms with Crippen molar-refractivity contribution in [1.82, 2.24) is 9.88 Å². The number of hydrogen-bond acceptors (Lipinski definition) is 3. The number of anilines is 1. The van der Waals surface area contributed by atoms with E-state index in [0.29, 0.717) is 25.3 Å². The Morgan fingerprint density at radius 3 is 2.76 bits per heavy atom. The van der Waals surface area contributed by atoms with E-state index in [4.69, 9.17) is 0 Å². The number of aromatic nitrogens is 1. The number of likely N-dealkylation sites (tertiary alicyclic amines) is 1. The molecule has 2 aromatic carbocycles. The van der Waals surface area contributed by atoms with Crippen molar-refractivity contribution in [2.45, 2.75) is 26.2 Å². The largest absolute Gasteiger partial charge is 0.342 e. The normalized spacial score (nSPS) is 16.6. The van der Waals surface area contributed by atoms with Gasteiger partial charge in [-0.3, -0.25) is 9.59 Å². The molecule has 1 saturated heterocycles. The number of carbonyl (C=O) groups is 2. The number of aryl methyl sites for hydroxylation is 1. The molecule has 0 aliphatic carbocycles. The van der Waals surface area contributed by atoms with E-state index in [0.717, 1.165) is 29.4 Å². The third kappa shape index (κ3) is 4.45. The SMILES string of the molecule is Cc1cccnc1NC(=O)C1CCCN(C(=O)Cc2ccc3ccccc3c2)C1. The second-order valence-electron chi connectivity index (χ2n) is 7.70. The van der Waals surface area contributed by atoms with E-state index in [1.165, 1.54) is 5.39 Å². The van der Waals surface area contributed by atoms with Crippen molar-refractivity contribution in [3.8, 4) is 0 Å². The van der Waals surface area contributed by atoms with Gasteiger partial charge in [0.25, 0.3) is 0 Å². The van der Waals surface area contributed by atoms with Gasteiger partial charge in [0.1, 0.15) is 5.82 Å². The van der Waals surface area contributed by atoms with Gasteiger partial charge in [-0.15, -0.1) is 0 Å². The molecule has 1 aromatic heterocycles. The van der Waals surface area contributed by atoms with Gasteiger partial charge in [-0.05, 0) is 47.7 Å². The van der Waals surface area contributed by atoms with Crippen molar-refractivity contribution in [2.75, 3.05) is 18.4 Å². The summed E-state index contributed by atoms with van der Waals surface area (Å²) in [6.07, 6.45) is 3.65. The van der Waals surface area contributed by atoms with Gasteiger partial charge in [0, 0.05) is 19.3 Å². The van der Waals surface area contributed by atoms with Crippen molar-refractivity contribution >= 4 is 28.4 Å². The Kier molecular flexibility index (Phi) is 5.56. The van der Waals surface area contributed by atoms with Crippen LogP contribution in [0, 0.1) is 12.8 Å². The van der Waals surface area contributed by atoms with Crippen LogP contribution in [0.2, 0.25) is 0 Å². The molecule has 5 heteroatoms. The molecule has 3 aromatic rings. The molecule has 0 bridgehead atoms. The zero-order valence-electron chi connectivity index (χ0n) is 16.6. The number of hydrogen-bond donors (Lipinski definition) is 1. The first-order valence-electron chi connectivity index (χ1n) is 10.1. The van der Waals surface area contributed by atoms with Crippen molar-refractivity contribution in [2.24, 2.45) is 5.92 Å². The third-order valence-electron chi connectivity index (χ3n) is 5.57. The molecule has 4 rings (SSSR count). The molecule has 148 valence electrons. The molecule has 5 nitrogen and oxygen atoms in total. The van der Waals surface area contributed by atoms with E-state index in [1.807, 2.05) is 42.2 Å². The average Bonchev–Trinajstić information content (AvgIpc) is 2.75. The predicted molar refractivity (Wildman–Crippen MR) is 115 cm³/mol. The van der Waals surface area contributed by atoms with E-state index in [2.05, 4.69) is 34.6 Å². The second kappa shape index (κ2) is 8.43. The van der Waals surface area contributed by atoms with Crippen LogP contribution in [0.25, 0.3) is 10.8 Å². The van der Waals surface area contributed by atoms with Crippen LogP contribution in [0.1, 0.15) is 24.0 Å². The number of amides is 2. The lowest BCUT2D eigenvalue weighted by molar-refractivity contribution is -0.133. The molecule has 1 N–H and O–H groups in total. The Bertz CT molecular complexity index is 1050. The number of piperidine rings is 1. The van der Waals surface area contributed by atoms with Crippen molar-refractivity contribution in [3.63, 3.8) is 0 Å². The first-order chi connectivity index (χ1) is 14.1. The van der Waals surface area contributed by atoms with Gasteiger partial charge in [-0.2, -0.15) is 0 Å².